The minimum absolute atomic E-state index is 0.186. The molecule has 0 amide bonds. The Morgan fingerprint density at radius 3 is 2.67 bits per heavy atom. The first-order valence-electron chi connectivity index (χ1n) is 11.6. The van der Waals surface area contributed by atoms with Gasteiger partial charge < -0.3 is 24.3 Å². The summed E-state index contributed by atoms with van der Waals surface area (Å²) in [5.41, 5.74) is 3.87. The molecule has 1 saturated heterocycles. The Morgan fingerprint density at radius 1 is 1.06 bits per heavy atom. The number of halogens is 1. The molecule has 1 aliphatic rings. The summed E-state index contributed by atoms with van der Waals surface area (Å²) in [6.45, 7) is 2.93. The van der Waals surface area contributed by atoms with E-state index in [-0.39, 0.29) is 12.1 Å². The average molecular weight is 520 g/mol. The fourth-order valence-corrected chi connectivity index (χ4v) is 4.95. The molecule has 1 fully saturated rings. The molecule has 36 heavy (non-hydrogen) atoms. The Labute approximate surface area is 220 Å². The second kappa shape index (κ2) is 10.7. The van der Waals surface area contributed by atoms with Gasteiger partial charge in [-0.25, -0.2) is 4.98 Å². The van der Waals surface area contributed by atoms with E-state index < -0.39 is 0 Å². The van der Waals surface area contributed by atoms with Gasteiger partial charge in [-0.3, -0.25) is 4.98 Å². The van der Waals surface area contributed by atoms with Gasteiger partial charge in [0.05, 0.1) is 23.4 Å². The SMILES string of the molecule is COCCOc1ccc(N2C(=S)N[C@@H](c3ccccn3)[C@H]2c2cccn2-c2ccc(C)cn2)cc1Cl. The molecule has 1 N–H and O–H groups in total. The molecule has 0 spiro atoms. The maximum Gasteiger partial charge on any atom is 0.174 e. The molecule has 4 heterocycles. The summed E-state index contributed by atoms with van der Waals surface area (Å²) in [5.74, 6) is 1.43. The third kappa shape index (κ3) is 4.80. The maximum atomic E-state index is 6.62. The number of benzene rings is 1. The first-order valence-corrected chi connectivity index (χ1v) is 12.4. The highest BCUT2D eigenvalue weighted by Gasteiger charge is 2.42. The van der Waals surface area contributed by atoms with Crippen molar-refractivity contribution in [1.82, 2.24) is 19.9 Å². The maximum absolute atomic E-state index is 6.62. The molecular formula is C27H26ClN5O2S. The predicted octanol–water partition coefficient (Wildman–Crippen LogP) is 5.43. The average Bonchev–Trinajstić information content (AvgIpc) is 3.50. The standard InChI is InChI=1S/C27H26ClN5O2S/c1-18-8-11-24(30-17-18)32-13-5-7-22(32)26-25(21-6-3-4-12-29-21)31-27(36)33(26)19-9-10-23(20(28)16-19)35-15-14-34-2/h3-13,16-17,25-26H,14-15H2,1-2H3,(H,31,36)/t25-,26+/m0/s1. The van der Waals surface area contributed by atoms with Crippen LogP contribution in [0.4, 0.5) is 5.69 Å². The number of ether oxygens (including phenoxy) is 2. The fourth-order valence-electron chi connectivity index (χ4n) is 4.37. The number of pyridine rings is 2. The van der Waals surface area contributed by atoms with Crippen molar-refractivity contribution in [2.75, 3.05) is 25.2 Å². The molecule has 0 unspecified atom stereocenters. The van der Waals surface area contributed by atoms with Crippen LogP contribution in [0.2, 0.25) is 5.02 Å². The third-order valence-electron chi connectivity index (χ3n) is 6.06. The number of methoxy groups -OCH3 is 1. The number of hydrogen-bond donors (Lipinski definition) is 1. The van der Waals surface area contributed by atoms with Gasteiger partial charge >= 0.3 is 0 Å². The lowest BCUT2D eigenvalue weighted by Crippen LogP contribution is -2.30. The molecule has 0 saturated carbocycles. The summed E-state index contributed by atoms with van der Waals surface area (Å²) < 4.78 is 12.9. The molecular weight excluding hydrogens is 494 g/mol. The van der Waals surface area contributed by atoms with Gasteiger partial charge in [-0.2, -0.15) is 0 Å². The lowest BCUT2D eigenvalue weighted by molar-refractivity contribution is 0.146. The van der Waals surface area contributed by atoms with E-state index in [1.54, 1.807) is 13.3 Å². The van der Waals surface area contributed by atoms with Crippen molar-refractivity contribution < 1.29 is 9.47 Å². The molecule has 3 aromatic heterocycles. The zero-order valence-electron chi connectivity index (χ0n) is 20.0. The zero-order chi connectivity index (χ0) is 25.1. The van der Waals surface area contributed by atoms with Crippen LogP contribution in [-0.2, 0) is 4.74 Å². The number of anilines is 1. The van der Waals surface area contributed by atoms with Gasteiger partial charge in [0, 0.05) is 37.1 Å². The molecule has 1 aromatic carbocycles. The highest BCUT2D eigenvalue weighted by atomic mass is 35.5. The second-order valence-corrected chi connectivity index (χ2v) is 9.24. The van der Waals surface area contributed by atoms with Crippen molar-refractivity contribution in [2.45, 2.75) is 19.0 Å². The number of aromatic nitrogens is 3. The van der Waals surface area contributed by atoms with Crippen LogP contribution in [0.25, 0.3) is 5.82 Å². The first kappa shape index (κ1) is 24.2. The zero-order valence-corrected chi connectivity index (χ0v) is 21.5. The molecule has 184 valence electrons. The largest absolute Gasteiger partial charge is 0.490 e. The number of thiocarbonyl (C=S) groups is 1. The van der Waals surface area contributed by atoms with Crippen LogP contribution in [0.1, 0.15) is 29.0 Å². The van der Waals surface area contributed by atoms with Gasteiger partial charge in [-0.05, 0) is 73.2 Å². The summed E-state index contributed by atoms with van der Waals surface area (Å²) >= 11 is 12.5. The smallest absolute Gasteiger partial charge is 0.174 e. The number of hydrogen-bond acceptors (Lipinski definition) is 5. The molecule has 7 nitrogen and oxygen atoms in total. The topological polar surface area (TPSA) is 64.4 Å². The Balaban J connectivity index is 1.58. The molecule has 2 atom stereocenters. The fraction of sp³-hybridized carbons (Fsp3) is 0.222. The van der Waals surface area contributed by atoms with E-state index in [2.05, 4.69) is 36.9 Å². The monoisotopic (exact) mass is 519 g/mol. The predicted molar refractivity (Wildman–Crippen MR) is 145 cm³/mol. The van der Waals surface area contributed by atoms with Crippen molar-refractivity contribution in [3.05, 3.63) is 101 Å². The Bertz CT molecular complexity index is 1350. The van der Waals surface area contributed by atoms with Crippen LogP contribution >= 0.6 is 23.8 Å². The van der Waals surface area contributed by atoms with Crippen LogP contribution < -0.4 is 15.0 Å². The number of aryl methyl sites for hydroxylation is 1. The number of rotatable bonds is 8. The van der Waals surface area contributed by atoms with Gasteiger partial charge in [-0.15, -0.1) is 0 Å². The molecule has 0 bridgehead atoms. The van der Waals surface area contributed by atoms with Crippen molar-refractivity contribution in [2.24, 2.45) is 0 Å². The van der Waals surface area contributed by atoms with Crippen molar-refractivity contribution in [3.63, 3.8) is 0 Å². The van der Waals surface area contributed by atoms with E-state index in [0.29, 0.717) is 29.1 Å². The lowest BCUT2D eigenvalue weighted by Gasteiger charge is -2.29. The molecule has 0 aliphatic carbocycles. The molecule has 9 heteroatoms. The summed E-state index contributed by atoms with van der Waals surface area (Å²) in [4.78, 5) is 11.4. The van der Waals surface area contributed by atoms with E-state index in [4.69, 9.17) is 33.3 Å². The highest BCUT2D eigenvalue weighted by Crippen LogP contribution is 2.43. The summed E-state index contributed by atoms with van der Waals surface area (Å²) in [6.07, 6.45) is 5.68. The van der Waals surface area contributed by atoms with E-state index in [1.807, 2.05) is 67.8 Å². The Morgan fingerprint density at radius 2 is 1.94 bits per heavy atom. The normalized spacial score (nSPS) is 17.3. The van der Waals surface area contributed by atoms with Gasteiger partial charge in [0.1, 0.15) is 24.2 Å². The van der Waals surface area contributed by atoms with Crippen molar-refractivity contribution in [3.8, 4) is 11.6 Å². The number of nitrogens with zero attached hydrogens (tertiary/aromatic N) is 4. The molecule has 0 radical (unpaired) electrons. The van der Waals surface area contributed by atoms with Crippen LogP contribution in [0, 0.1) is 6.92 Å². The van der Waals surface area contributed by atoms with Gasteiger partial charge in [0.15, 0.2) is 5.11 Å². The van der Waals surface area contributed by atoms with E-state index >= 15 is 0 Å². The second-order valence-electron chi connectivity index (χ2n) is 8.45. The van der Waals surface area contributed by atoms with Crippen LogP contribution in [-0.4, -0.2) is 40.0 Å². The highest BCUT2D eigenvalue weighted by molar-refractivity contribution is 7.80. The third-order valence-corrected chi connectivity index (χ3v) is 6.67. The Hall–Kier alpha value is -3.46. The van der Waals surface area contributed by atoms with Crippen LogP contribution in [0.15, 0.2) is 79.3 Å². The van der Waals surface area contributed by atoms with Gasteiger partial charge in [0.25, 0.3) is 0 Å². The summed E-state index contributed by atoms with van der Waals surface area (Å²) in [5, 5.41) is 4.58. The molecule has 5 rings (SSSR count). The minimum atomic E-state index is -0.207. The minimum Gasteiger partial charge on any atom is -0.490 e. The summed E-state index contributed by atoms with van der Waals surface area (Å²) in [7, 11) is 1.63. The van der Waals surface area contributed by atoms with Crippen LogP contribution in [0.5, 0.6) is 5.75 Å². The van der Waals surface area contributed by atoms with E-state index in [1.165, 1.54) is 0 Å². The van der Waals surface area contributed by atoms with Crippen molar-refractivity contribution >= 4 is 34.6 Å². The van der Waals surface area contributed by atoms with Crippen molar-refractivity contribution in [1.29, 1.82) is 0 Å². The number of nitrogens with one attached hydrogen (secondary N) is 1. The van der Waals surface area contributed by atoms with Gasteiger partial charge in [0.2, 0.25) is 0 Å². The van der Waals surface area contributed by atoms with Gasteiger partial charge in [-0.1, -0.05) is 23.7 Å². The molecule has 1 aliphatic heterocycles. The Kier molecular flexibility index (Phi) is 7.18. The van der Waals surface area contributed by atoms with Crippen LogP contribution in [0.3, 0.4) is 0 Å². The summed E-state index contributed by atoms with van der Waals surface area (Å²) in [6, 6.07) is 19.4. The lowest BCUT2D eigenvalue weighted by atomic mass is 10.0. The quantitative estimate of drug-likeness (QED) is 0.246. The molecule has 4 aromatic rings. The first-order chi connectivity index (χ1) is 17.6. The van der Waals surface area contributed by atoms with E-state index in [0.717, 1.165) is 28.5 Å². The van der Waals surface area contributed by atoms with E-state index in [9.17, 15) is 0 Å².